The van der Waals surface area contributed by atoms with E-state index >= 15 is 0 Å². The molecule has 0 aliphatic rings. The fraction of sp³-hybridized carbons (Fsp3) is 0.417. The van der Waals surface area contributed by atoms with Crippen LogP contribution in [-0.2, 0) is 13.9 Å². The maximum Gasteiger partial charge on any atom is 0.542 e. The molecular weight excluding hydrogens is 432 g/mol. The molecule has 0 saturated heterocycles. The average molecular weight is 460 g/mol. The summed E-state index contributed by atoms with van der Waals surface area (Å²) in [7, 11) is -1.66. The summed E-state index contributed by atoms with van der Waals surface area (Å²) in [4.78, 5) is 17.9. The fourth-order valence-corrected chi connectivity index (χ4v) is 4.05. The van der Waals surface area contributed by atoms with Crippen molar-refractivity contribution in [1.29, 1.82) is 0 Å². The summed E-state index contributed by atoms with van der Waals surface area (Å²) in [6.07, 6.45) is 4.02. The number of carbonyl (C=O) groups is 1. The highest BCUT2D eigenvalue weighted by Gasteiger charge is 2.63. The smallest absolute Gasteiger partial charge is 0.419 e. The first-order valence-electron chi connectivity index (χ1n) is 10.2. The van der Waals surface area contributed by atoms with Gasteiger partial charge in [0.15, 0.2) is 5.75 Å². The molecule has 0 fully saturated rings. The fourth-order valence-electron chi connectivity index (χ4n) is 3.16. The first-order valence-corrected chi connectivity index (χ1v) is 11.4. The Morgan fingerprint density at radius 1 is 1.19 bits per heavy atom. The molecule has 3 unspecified atom stereocenters. The lowest BCUT2D eigenvalue weighted by molar-refractivity contribution is -0.138. The molecule has 1 aromatic heterocycles. The number of carbonyl (C=O) groups excluding carboxylic acids is 1. The minimum Gasteiger partial charge on any atom is -0.419 e. The SMILES string of the molecule is C#CC(C(=O)Oc1c(-c2ccc(F)cc2)cc(C(C)C)nc1C(C)C)(C(C)O)[P+](=O)OC. The summed E-state index contributed by atoms with van der Waals surface area (Å²) < 4.78 is 36.7. The van der Waals surface area contributed by atoms with Crippen molar-refractivity contribution >= 4 is 14.0 Å². The van der Waals surface area contributed by atoms with Gasteiger partial charge in [-0.2, -0.15) is 0 Å². The van der Waals surface area contributed by atoms with Gasteiger partial charge in [-0.15, -0.1) is 10.9 Å². The summed E-state index contributed by atoms with van der Waals surface area (Å²) in [5.74, 6) is 0.651. The van der Waals surface area contributed by atoms with Crippen LogP contribution in [0.3, 0.4) is 0 Å². The molecule has 170 valence electrons. The molecule has 0 bridgehead atoms. The molecular formula is C24H28FNO5P+. The summed E-state index contributed by atoms with van der Waals surface area (Å²) in [5, 5.41) is 8.05. The highest BCUT2D eigenvalue weighted by Crippen LogP contribution is 2.45. The van der Waals surface area contributed by atoms with Gasteiger partial charge in [0.1, 0.15) is 11.9 Å². The van der Waals surface area contributed by atoms with Crippen LogP contribution in [0.5, 0.6) is 5.75 Å². The minimum absolute atomic E-state index is 0.0710. The zero-order chi connectivity index (χ0) is 24.2. The molecule has 1 heterocycles. The number of benzene rings is 1. The van der Waals surface area contributed by atoms with Crippen molar-refractivity contribution in [2.45, 2.75) is 57.7 Å². The molecule has 0 aliphatic heterocycles. The van der Waals surface area contributed by atoms with E-state index in [0.29, 0.717) is 16.8 Å². The van der Waals surface area contributed by atoms with Gasteiger partial charge < -0.3 is 9.84 Å². The lowest BCUT2D eigenvalue weighted by Gasteiger charge is -2.22. The van der Waals surface area contributed by atoms with Gasteiger partial charge >= 0.3 is 19.2 Å². The van der Waals surface area contributed by atoms with Gasteiger partial charge in [-0.1, -0.05) is 39.8 Å². The monoisotopic (exact) mass is 460 g/mol. The molecule has 1 N–H and O–H groups in total. The van der Waals surface area contributed by atoms with Crippen LogP contribution in [0.15, 0.2) is 30.3 Å². The molecule has 1 aromatic carbocycles. The summed E-state index contributed by atoms with van der Waals surface area (Å²) >= 11 is 0. The van der Waals surface area contributed by atoms with Crippen LogP contribution in [0.1, 0.15) is 57.8 Å². The first kappa shape index (κ1) is 25.6. The maximum absolute atomic E-state index is 13.6. The van der Waals surface area contributed by atoms with Crippen molar-refractivity contribution < 1.29 is 28.1 Å². The molecule has 32 heavy (non-hydrogen) atoms. The molecule has 0 aliphatic carbocycles. The maximum atomic E-state index is 13.6. The van der Waals surface area contributed by atoms with Crippen LogP contribution in [0.4, 0.5) is 4.39 Å². The number of nitrogens with zero attached hydrogens (tertiary/aromatic N) is 1. The second-order valence-electron chi connectivity index (χ2n) is 8.04. The average Bonchev–Trinajstić information content (AvgIpc) is 2.74. The molecule has 2 aromatic rings. The molecule has 0 saturated carbocycles. The third kappa shape index (κ3) is 4.88. The zero-order valence-electron chi connectivity index (χ0n) is 19.0. The third-order valence-electron chi connectivity index (χ3n) is 5.10. The van der Waals surface area contributed by atoms with Crippen LogP contribution in [0.2, 0.25) is 0 Å². The summed E-state index contributed by atoms with van der Waals surface area (Å²) in [6.45, 7) is 8.98. The predicted molar refractivity (Wildman–Crippen MR) is 121 cm³/mol. The Hall–Kier alpha value is -2.65. The number of aromatic nitrogens is 1. The van der Waals surface area contributed by atoms with Crippen LogP contribution in [0.25, 0.3) is 11.1 Å². The molecule has 0 amide bonds. The summed E-state index contributed by atoms with van der Waals surface area (Å²) in [6, 6.07) is 7.50. The van der Waals surface area contributed by atoms with Crippen molar-refractivity contribution in [3.05, 3.63) is 47.5 Å². The predicted octanol–water partition coefficient (Wildman–Crippen LogP) is 5.18. The van der Waals surface area contributed by atoms with E-state index in [1.54, 1.807) is 18.2 Å². The zero-order valence-corrected chi connectivity index (χ0v) is 19.9. The molecule has 3 atom stereocenters. The Morgan fingerprint density at radius 3 is 2.22 bits per heavy atom. The van der Waals surface area contributed by atoms with Gasteiger partial charge in [0.2, 0.25) is 0 Å². The molecule has 0 spiro atoms. The van der Waals surface area contributed by atoms with Gasteiger partial charge in [0, 0.05) is 11.3 Å². The van der Waals surface area contributed by atoms with Gasteiger partial charge in [-0.25, -0.2) is 9.18 Å². The lowest BCUT2D eigenvalue weighted by atomic mass is 9.96. The quantitative estimate of drug-likeness (QED) is 0.332. The standard InChI is InChI=1S/C24H28FNO5P/c1-8-24(16(6)27,32(29)30-7)23(28)31-22-19(17-9-11-18(25)12-10-17)13-20(14(2)3)26-21(22)15(4)5/h1,9-16,27H,2-7H3/q+1. The lowest BCUT2D eigenvalue weighted by Crippen LogP contribution is -2.46. The van der Waals surface area contributed by atoms with E-state index in [-0.39, 0.29) is 17.6 Å². The normalized spacial score (nSPS) is 14.6. The number of esters is 1. The van der Waals surface area contributed by atoms with E-state index in [1.807, 2.05) is 27.7 Å². The van der Waals surface area contributed by atoms with E-state index in [1.165, 1.54) is 19.1 Å². The molecule has 6 nitrogen and oxygen atoms in total. The molecule has 8 heteroatoms. The first-order chi connectivity index (χ1) is 15.0. The van der Waals surface area contributed by atoms with Gasteiger partial charge in [-0.05, 0) is 53.0 Å². The number of pyridine rings is 1. The van der Waals surface area contributed by atoms with Crippen LogP contribution >= 0.6 is 8.03 Å². The second kappa shape index (κ2) is 10.3. The summed E-state index contributed by atoms with van der Waals surface area (Å²) in [5.41, 5.74) is 2.34. The Balaban J connectivity index is 2.78. The van der Waals surface area contributed by atoms with Crippen LogP contribution in [0, 0.1) is 18.2 Å². The van der Waals surface area contributed by atoms with Gasteiger partial charge in [-0.3, -0.25) is 4.98 Å². The van der Waals surface area contributed by atoms with Crippen LogP contribution in [-0.4, -0.2) is 34.4 Å². The van der Waals surface area contributed by atoms with Gasteiger partial charge in [0.05, 0.1) is 12.8 Å². The molecule has 2 rings (SSSR count). The van der Waals surface area contributed by atoms with Crippen molar-refractivity contribution in [3.8, 4) is 29.2 Å². The van der Waals surface area contributed by atoms with E-state index in [2.05, 4.69) is 10.9 Å². The number of ether oxygens (including phenoxy) is 1. The highest BCUT2D eigenvalue weighted by molar-refractivity contribution is 7.43. The van der Waals surface area contributed by atoms with Crippen LogP contribution < -0.4 is 4.74 Å². The number of aliphatic hydroxyl groups excluding tert-OH is 1. The Morgan fingerprint density at radius 2 is 1.78 bits per heavy atom. The second-order valence-corrected chi connectivity index (χ2v) is 9.63. The van der Waals surface area contributed by atoms with Gasteiger partial charge in [0.25, 0.3) is 0 Å². The van der Waals surface area contributed by atoms with Crippen molar-refractivity contribution in [1.82, 2.24) is 4.98 Å². The van der Waals surface area contributed by atoms with Crippen molar-refractivity contribution in [2.24, 2.45) is 0 Å². The Bertz CT molecular complexity index is 1040. The number of terminal acetylenes is 1. The van der Waals surface area contributed by atoms with E-state index < -0.39 is 31.1 Å². The minimum atomic E-state index is -2.79. The number of halogens is 1. The van der Waals surface area contributed by atoms with E-state index in [9.17, 15) is 18.9 Å². The van der Waals surface area contributed by atoms with Crippen molar-refractivity contribution in [3.63, 3.8) is 0 Å². The van der Waals surface area contributed by atoms with Crippen molar-refractivity contribution in [2.75, 3.05) is 7.11 Å². The largest absolute Gasteiger partial charge is 0.542 e. The number of hydrogen-bond donors (Lipinski definition) is 1. The topological polar surface area (TPSA) is 85.7 Å². The Labute approximate surface area is 189 Å². The molecule has 0 radical (unpaired) electrons. The number of hydrogen-bond acceptors (Lipinski definition) is 6. The Kier molecular flexibility index (Phi) is 8.25. The van der Waals surface area contributed by atoms with E-state index in [4.69, 9.17) is 15.7 Å². The number of aliphatic hydroxyl groups is 1. The number of rotatable bonds is 8. The van der Waals surface area contributed by atoms with E-state index in [0.717, 1.165) is 12.8 Å². The highest BCUT2D eigenvalue weighted by atomic mass is 31.1. The third-order valence-corrected chi connectivity index (χ3v) is 6.69.